The van der Waals surface area contributed by atoms with Gasteiger partial charge in [0.05, 0.1) is 5.71 Å². The minimum atomic E-state index is -0.770. The van der Waals surface area contributed by atoms with Crippen molar-refractivity contribution in [1.29, 1.82) is 0 Å². The average molecular weight is 349 g/mol. The summed E-state index contributed by atoms with van der Waals surface area (Å²) in [5.74, 6) is -1.58. The van der Waals surface area contributed by atoms with Gasteiger partial charge in [0.15, 0.2) is 0 Å². The Morgan fingerprint density at radius 2 is 1.77 bits per heavy atom. The summed E-state index contributed by atoms with van der Waals surface area (Å²) in [5.41, 5.74) is 7.50. The van der Waals surface area contributed by atoms with Crippen LogP contribution in [0.1, 0.15) is 35.1 Å². The Morgan fingerprint density at radius 1 is 1.12 bits per heavy atom. The predicted octanol–water partition coefficient (Wildman–Crippen LogP) is 2.67. The van der Waals surface area contributed by atoms with Crippen molar-refractivity contribution in [1.82, 2.24) is 10.7 Å². The highest BCUT2D eigenvalue weighted by Gasteiger charge is 2.40. The van der Waals surface area contributed by atoms with Crippen LogP contribution in [0.15, 0.2) is 53.6 Å². The van der Waals surface area contributed by atoms with Gasteiger partial charge in [-0.3, -0.25) is 9.59 Å². The summed E-state index contributed by atoms with van der Waals surface area (Å²) >= 11 is 0. The number of carbonyl (C=O) groups excluding carboxylic acids is 2. The standard InChI is InChI=1S/C21H23N3O2/c1-13-9-14(2)11-17(10-13)15(3)23-24-21(26)19-18(12-22-20(19)25)16-7-5-4-6-8-16/h4-11,18-19H,12H2,1-3H3,(H,22,25)(H,24,26)/b23-15-. The first-order valence-corrected chi connectivity index (χ1v) is 8.71. The number of rotatable bonds is 4. The molecular formula is C21H23N3O2. The summed E-state index contributed by atoms with van der Waals surface area (Å²) in [5, 5.41) is 7.01. The van der Waals surface area contributed by atoms with Gasteiger partial charge >= 0.3 is 0 Å². The third-order valence-corrected chi connectivity index (χ3v) is 4.66. The van der Waals surface area contributed by atoms with E-state index in [2.05, 4.69) is 21.9 Å². The minimum Gasteiger partial charge on any atom is -0.355 e. The third-order valence-electron chi connectivity index (χ3n) is 4.66. The Morgan fingerprint density at radius 3 is 2.42 bits per heavy atom. The zero-order valence-electron chi connectivity index (χ0n) is 15.2. The van der Waals surface area contributed by atoms with E-state index >= 15 is 0 Å². The van der Waals surface area contributed by atoms with Crippen molar-refractivity contribution in [3.8, 4) is 0 Å². The molecule has 0 radical (unpaired) electrons. The van der Waals surface area contributed by atoms with Crippen LogP contribution in [-0.4, -0.2) is 24.1 Å². The highest BCUT2D eigenvalue weighted by atomic mass is 16.2. The fraction of sp³-hybridized carbons (Fsp3) is 0.286. The molecule has 1 aliphatic rings. The maximum atomic E-state index is 12.6. The summed E-state index contributed by atoms with van der Waals surface area (Å²) in [4.78, 5) is 24.8. The Balaban J connectivity index is 1.76. The van der Waals surface area contributed by atoms with Crippen molar-refractivity contribution in [3.63, 3.8) is 0 Å². The fourth-order valence-electron chi connectivity index (χ4n) is 3.39. The number of amides is 2. The molecule has 0 aromatic heterocycles. The second-order valence-corrected chi connectivity index (χ2v) is 6.79. The summed E-state index contributed by atoms with van der Waals surface area (Å²) in [6.07, 6.45) is 0. The van der Waals surface area contributed by atoms with Crippen LogP contribution in [0.3, 0.4) is 0 Å². The Labute approximate surface area is 153 Å². The van der Waals surface area contributed by atoms with Gasteiger partial charge in [0.1, 0.15) is 5.92 Å². The van der Waals surface area contributed by atoms with Gasteiger partial charge in [-0.25, -0.2) is 5.43 Å². The lowest BCUT2D eigenvalue weighted by atomic mass is 9.88. The first kappa shape index (κ1) is 17.9. The molecule has 1 fully saturated rings. The van der Waals surface area contributed by atoms with Crippen molar-refractivity contribution in [2.75, 3.05) is 6.54 Å². The van der Waals surface area contributed by atoms with Crippen LogP contribution in [0.25, 0.3) is 0 Å². The Bertz CT molecular complexity index is 839. The number of carbonyl (C=O) groups is 2. The lowest BCUT2D eigenvalue weighted by Crippen LogP contribution is -2.35. The van der Waals surface area contributed by atoms with Gasteiger partial charge in [0.25, 0.3) is 5.91 Å². The molecule has 2 atom stereocenters. The molecule has 1 heterocycles. The van der Waals surface area contributed by atoms with Gasteiger partial charge in [-0.05, 0) is 31.9 Å². The first-order chi connectivity index (χ1) is 12.5. The molecule has 3 rings (SSSR count). The molecule has 134 valence electrons. The van der Waals surface area contributed by atoms with Crippen LogP contribution in [0, 0.1) is 19.8 Å². The van der Waals surface area contributed by atoms with Crippen molar-refractivity contribution in [3.05, 3.63) is 70.8 Å². The molecule has 1 saturated heterocycles. The topological polar surface area (TPSA) is 70.6 Å². The molecule has 2 aromatic carbocycles. The normalized spacial score (nSPS) is 20.0. The number of hydrogen-bond acceptors (Lipinski definition) is 3. The van der Waals surface area contributed by atoms with Crippen molar-refractivity contribution in [2.45, 2.75) is 26.7 Å². The number of benzene rings is 2. The first-order valence-electron chi connectivity index (χ1n) is 8.71. The van der Waals surface area contributed by atoms with Gasteiger partial charge in [0, 0.05) is 12.5 Å². The maximum Gasteiger partial charge on any atom is 0.253 e. The molecule has 0 aliphatic carbocycles. The van der Waals surface area contributed by atoms with E-state index in [1.165, 1.54) is 0 Å². The lowest BCUT2D eigenvalue weighted by Gasteiger charge is -2.15. The van der Waals surface area contributed by atoms with Crippen LogP contribution in [-0.2, 0) is 9.59 Å². The molecule has 2 N–H and O–H groups in total. The number of nitrogens with zero attached hydrogens (tertiary/aromatic N) is 1. The van der Waals surface area contributed by atoms with E-state index in [1.807, 2.05) is 63.2 Å². The molecule has 0 spiro atoms. The van der Waals surface area contributed by atoms with Gasteiger partial charge in [-0.15, -0.1) is 0 Å². The zero-order valence-corrected chi connectivity index (χ0v) is 15.2. The monoisotopic (exact) mass is 349 g/mol. The van der Waals surface area contributed by atoms with Crippen LogP contribution >= 0.6 is 0 Å². The molecule has 0 bridgehead atoms. The molecule has 5 nitrogen and oxygen atoms in total. The van der Waals surface area contributed by atoms with E-state index in [1.54, 1.807) is 0 Å². The van der Waals surface area contributed by atoms with E-state index < -0.39 is 5.92 Å². The van der Waals surface area contributed by atoms with Gasteiger partial charge in [0.2, 0.25) is 5.91 Å². The van der Waals surface area contributed by atoms with Crippen LogP contribution in [0.5, 0.6) is 0 Å². The fourth-order valence-corrected chi connectivity index (χ4v) is 3.39. The van der Waals surface area contributed by atoms with E-state index in [0.29, 0.717) is 12.3 Å². The van der Waals surface area contributed by atoms with Crippen LogP contribution < -0.4 is 10.7 Å². The lowest BCUT2D eigenvalue weighted by molar-refractivity contribution is -0.133. The molecule has 5 heteroatoms. The van der Waals surface area contributed by atoms with E-state index in [0.717, 1.165) is 22.3 Å². The summed E-state index contributed by atoms with van der Waals surface area (Å²) in [6, 6.07) is 15.7. The summed E-state index contributed by atoms with van der Waals surface area (Å²) < 4.78 is 0. The van der Waals surface area contributed by atoms with Crippen LogP contribution in [0.2, 0.25) is 0 Å². The summed E-state index contributed by atoms with van der Waals surface area (Å²) in [7, 11) is 0. The largest absolute Gasteiger partial charge is 0.355 e. The van der Waals surface area contributed by atoms with Gasteiger partial charge in [-0.1, -0.05) is 59.7 Å². The molecule has 2 amide bonds. The SMILES string of the molecule is C/C(=N/NC(=O)C1C(=O)NCC1c1ccccc1)c1cc(C)cc(C)c1. The second-order valence-electron chi connectivity index (χ2n) is 6.79. The Hall–Kier alpha value is -2.95. The predicted molar refractivity (Wildman–Crippen MR) is 102 cm³/mol. The molecule has 26 heavy (non-hydrogen) atoms. The zero-order chi connectivity index (χ0) is 18.7. The van der Waals surface area contributed by atoms with Crippen molar-refractivity contribution < 1.29 is 9.59 Å². The minimum absolute atomic E-state index is 0.180. The van der Waals surface area contributed by atoms with Crippen LogP contribution in [0.4, 0.5) is 0 Å². The average Bonchev–Trinajstić information content (AvgIpc) is 3.01. The molecular weight excluding hydrogens is 326 g/mol. The summed E-state index contributed by atoms with van der Waals surface area (Å²) in [6.45, 7) is 6.35. The van der Waals surface area contributed by atoms with Gasteiger partial charge < -0.3 is 5.32 Å². The second kappa shape index (κ2) is 7.52. The number of hydrogen-bond donors (Lipinski definition) is 2. The molecule has 1 aliphatic heterocycles. The van der Waals surface area contributed by atoms with Crippen molar-refractivity contribution >= 4 is 17.5 Å². The maximum absolute atomic E-state index is 12.6. The van der Waals surface area contributed by atoms with E-state index in [-0.39, 0.29) is 17.7 Å². The van der Waals surface area contributed by atoms with E-state index in [4.69, 9.17) is 0 Å². The highest BCUT2D eigenvalue weighted by molar-refractivity contribution is 6.04. The molecule has 2 unspecified atom stereocenters. The Kier molecular flexibility index (Phi) is 5.16. The molecule has 2 aromatic rings. The number of hydrazone groups is 1. The quantitative estimate of drug-likeness (QED) is 0.506. The smallest absolute Gasteiger partial charge is 0.253 e. The van der Waals surface area contributed by atoms with Gasteiger partial charge in [-0.2, -0.15) is 5.10 Å². The third kappa shape index (κ3) is 3.82. The van der Waals surface area contributed by atoms with E-state index in [9.17, 15) is 9.59 Å². The molecule has 0 saturated carbocycles. The number of aryl methyl sites for hydroxylation is 2. The number of nitrogens with one attached hydrogen (secondary N) is 2. The van der Waals surface area contributed by atoms with Crippen molar-refractivity contribution in [2.24, 2.45) is 11.0 Å². The highest BCUT2D eigenvalue weighted by Crippen LogP contribution is 2.29.